The van der Waals surface area contributed by atoms with Gasteiger partial charge in [0.05, 0.1) is 10.9 Å². The number of aromatic amines is 1. The fourth-order valence-corrected chi connectivity index (χ4v) is 1.98. The van der Waals surface area contributed by atoms with Gasteiger partial charge in [-0.25, -0.2) is 9.18 Å². The van der Waals surface area contributed by atoms with Crippen LogP contribution in [0, 0.1) is 16.5 Å². The topological polar surface area (TPSA) is 93.9 Å². The van der Waals surface area contributed by atoms with Crippen LogP contribution < -0.4 is 5.43 Å². The van der Waals surface area contributed by atoms with Crippen LogP contribution in [0.4, 0.5) is 4.39 Å². The van der Waals surface area contributed by atoms with E-state index in [1.807, 2.05) is 0 Å². The molecular weight excluding hydrogens is 259 g/mol. The van der Waals surface area contributed by atoms with Gasteiger partial charge in [-0.3, -0.25) is 4.79 Å². The molecule has 18 heavy (non-hydrogen) atoms. The summed E-state index contributed by atoms with van der Waals surface area (Å²) in [4.78, 5) is 25.3. The number of carbonyl (C=O) groups is 1. The van der Waals surface area contributed by atoms with Crippen LogP contribution in [0.3, 0.4) is 0 Å². The molecular formula is C11H5FN2O3S. The Morgan fingerprint density at radius 2 is 2.22 bits per heavy atom. The lowest BCUT2D eigenvalue weighted by Crippen LogP contribution is -2.15. The Balaban J connectivity index is 2.84. The molecule has 2 rings (SSSR count). The van der Waals surface area contributed by atoms with Gasteiger partial charge in [-0.2, -0.15) is 5.26 Å². The van der Waals surface area contributed by atoms with Crippen LogP contribution in [0.5, 0.6) is 0 Å². The molecule has 0 aliphatic carbocycles. The second-order valence-corrected chi connectivity index (χ2v) is 4.22. The zero-order valence-corrected chi connectivity index (χ0v) is 9.55. The minimum Gasteiger partial charge on any atom is -0.477 e. The van der Waals surface area contributed by atoms with Gasteiger partial charge < -0.3 is 10.1 Å². The number of nitriles is 1. The van der Waals surface area contributed by atoms with E-state index < -0.39 is 22.8 Å². The molecule has 0 radical (unpaired) electrons. The van der Waals surface area contributed by atoms with E-state index in [9.17, 15) is 14.0 Å². The molecule has 1 aromatic heterocycles. The largest absolute Gasteiger partial charge is 0.477 e. The van der Waals surface area contributed by atoms with Crippen molar-refractivity contribution in [1.29, 1.82) is 5.26 Å². The van der Waals surface area contributed by atoms with Gasteiger partial charge in [0.25, 0.3) is 0 Å². The molecule has 0 amide bonds. The van der Waals surface area contributed by atoms with Gasteiger partial charge in [0.15, 0.2) is 0 Å². The summed E-state index contributed by atoms with van der Waals surface area (Å²) in [5, 5.41) is 19.0. The van der Waals surface area contributed by atoms with Crippen molar-refractivity contribution in [3.8, 4) is 5.40 Å². The monoisotopic (exact) mass is 264 g/mol. The zero-order valence-electron chi connectivity index (χ0n) is 8.73. The third-order valence-electron chi connectivity index (χ3n) is 2.31. The standard InChI is InChI=1S/C11H5FN2O3S/c12-8-2-5(18-4-13)1-6-9(8)14-3-7(10(6)15)11(16)17/h1-3H,(H,14,15)(H,16,17). The molecule has 0 saturated carbocycles. The van der Waals surface area contributed by atoms with Crippen LogP contribution in [0.1, 0.15) is 10.4 Å². The molecule has 2 aromatic rings. The number of aromatic nitrogens is 1. The van der Waals surface area contributed by atoms with Crippen LogP contribution in [0.2, 0.25) is 0 Å². The average molecular weight is 264 g/mol. The van der Waals surface area contributed by atoms with Crippen LogP contribution in [0.15, 0.2) is 28.0 Å². The summed E-state index contributed by atoms with van der Waals surface area (Å²) in [6.45, 7) is 0. The Hall–Kier alpha value is -2.33. The van der Waals surface area contributed by atoms with Gasteiger partial charge in [0.2, 0.25) is 5.43 Å². The van der Waals surface area contributed by atoms with Gasteiger partial charge >= 0.3 is 5.97 Å². The number of carboxylic acid groups (broad SMARTS) is 1. The van der Waals surface area contributed by atoms with E-state index in [0.717, 1.165) is 12.3 Å². The number of nitrogens with one attached hydrogen (secondary N) is 1. The first-order valence-electron chi connectivity index (χ1n) is 4.68. The molecule has 5 nitrogen and oxygen atoms in total. The highest BCUT2D eigenvalue weighted by molar-refractivity contribution is 8.03. The number of rotatable bonds is 2. The Bertz CT molecular complexity index is 748. The first-order chi connectivity index (χ1) is 8.54. The Morgan fingerprint density at radius 1 is 1.50 bits per heavy atom. The quantitative estimate of drug-likeness (QED) is 0.638. The fourth-order valence-electron chi connectivity index (χ4n) is 1.53. The van der Waals surface area contributed by atoms with Crippen molar-refractivity contribution in [2.24, 2.45) is 0 Å². The number of hydrogen-bond acceptors (Lipinski definition) is 4. The van der Waals surface area contributed by atoms with Gasteiger partial charge in [0.1, 0.15) is 16.8 Å². The third-order valence-corrected chi connectivity index (χ3v) is 2.87. The number of pyridine rings is 1. The van der Waals surface area contributed by atoms with Crippen LogP contribution >= 0.6 is 11.8 Å². The van der Waals surface area contributed by atoms with Gasteiger partial charge in [0, 0.05) is 11.1 Å². The van der Waals surface area contributed by atoms with Crippen LogP contribution in [-0.2, 0) is 0 Å². The Kier molecular flexibility index (Phi) is 3.04. The zero-order chi connectivity index (χ0) is 13.3. The molecule has 0 atom stereocenters. The van der Waals surface area contributed by atoms with E-state index in [1.165, 1.54) is 6.07 Å². The summed E-state index contributed by atoms with van der Waals surface area (Å²) in [5.74, 6) is -2.10. The Morgan fingerprint density at radius 3 is 2.83 bits per heavy atom. The molecule has 7 heteroatoms. The highest BCUT2D eigenvalue weighted by atomic mass is 32.2. The number of nitrogens with zero attached hydrogens (tertiary/aromatic N) is 1. The summed E-state index contributed by atoms with van der Waals surface area (Å²) >= 11 is 0.693. The molecule has 0 unspecified atom stereocenters. The molecule has 0 aliphatic rings. The molecule has 0 spiro atoms. The summed E-state index contributed by atoms with van der Waals surface area (Å²) in [5.41, 5.74) is -1.33. The van der Waals surface area contributed by atoms with E-state index >= 15 is 0 Å². The van der Waals surface area contributed by atoms with Crippen molar-refractivity contribution in [1.82, 2.24) is 4.98 Å². The molecule has 0 fully saturated rings. The minimum absolute atomic E-state index is 0.0766. The smallest absolute Gasteiger partial charge is 0.341 e. The SMILES string of the molecule is N#CSc1cc(F)c2[nH]cc(C(=O)O)c(=O)c2c1. The van der Waals surface area contributed by atoms with E-state index in [2.05, 4.69) is 4.98 Å². The molecule has 1 heterocycles. The number of thioether (sulfide) groups is 1. The van der Waals surface area contributed by atoms with E-state index in [-0.39, 0.29) is 15.8 Å². The highest BCUT2D eigenvalue weighted by Gasteiger charge is 2.14. The number of carboxylic acids is 1. The number of fused-ring (bicyclic) bond motifs is 1. The lowest BCUT2D eigenvalue weighted by molar-refractivity contribution is 0.0695. The number of halogens is 1. The van der Waals surface area contributed by atoms with Gasteiger partial charge in [-0.05, 0) is 23.9 Å². The number of benzene rings is 1. The maximum Gasteiger partial charge on any atom is 0.341 e. The third kappa shape index (κ3) is 1.94. The number of thiocyanates is 1. The second kappa shape index (κ2) is 4.50. The Labute approximate surface area is 104 Å². The normalized spacial score (nSPS) is 10.2. The summed E-state index contributed by atoms with van der Waals surface area (Å²) in [7, 11) is 0. The molecule has 0 saturated heterocycles. The average Bonchev–Trinajstić information content (AvgIpc) is 2.30. The number of aromatic carboxylic acids is 1. The van der Waals surface area contributed by atoms with E-state index in [1.54, 1.807) is 5.40 Å². The van der Waals surface area contributed by atoms with Crippen molar-refractivity contribution >= 4 is 28.6 Å². The predicted octanol–water partition coefficient (Wildman–Crippen LogP) is 1.94. The first-order valence-corrected chi connectivity index (χ1v) is 5.50. The second-order valence-electron chi connectivity index (χ2n) is 3.36. The molecule has 0 aliphatic heterocycles. The fraction of sp³-hybridized carbons (Fsp3) is 0. The molecule has 2 N–H and O–H groups in total. The van der Waals surface area contributed by atoms with Crippen LogP contribution in [0.25, 0.3) is 10.9 Å². The van der Waals surface area contributed by atoms with Crippen molar-refractivity contribution in [3.05, 3.63) is 39.9 Å². The van der Waals surface area contributed by atoms with Crippen molar-refractivity contribution in [2.45, 2.75) is 4.90 Å². The molecule has 90 valence electrons. The van der Waals surface area contributed by atoms with Crippen LogP contribution in [-0.4, -0.2) is 16.1 Å². The van der Waals surface area contributed by atoms with Crippen molar-refractivity contribution in [2.75, 3.05) is 0 Å². The van der Waals surface area contributed by atoms with Gasteiger partial charge in [-0.15, -0.1) is 0 Å². The summed E-state index contributed by atoms with van der Waals surface area (Å²) in [6.07, 6.45) is 0.952. The summed E-state index contributed by atoms with van der Waals surface area (Å²) < 4.78 is 13.6. The summed E-state index contributed by atoms with van der Waals surface area (Å²) in [6, 6.07) is 2.39. The van der Waals surface area contributed by atoms with Crippen molar-refractivity contribution < 1.29 is 14.3 Å². The lowest BCUT2D eigenvalue weighted by atomic mass is 10.1. The minimum atomic E-state index is -1.39. The number of hydrogen-bond donors (Lipinski definition) is 2. The predicted molar refractivity (Wildman–Crippen MR) is 63.0 cm³/mol. The number of H-pyrrole nitrogens is 1. The maximum atomic E-state index is 13.6. The van der Waals surface area contributed by atoms with Gasteiger partial charge in [-0.1, -0.05) is 0 Å². The first kappa shape index (κ1) is 12.1. The van der Waals surface area contributed by atoms with Crippen molar-refractivity contribution in [3.63, 3.8) is 0 Å². The highest BCUT2D eigenvalue weighted by Crippen LogP contribution is 2.23. The maximum absolute atomic E-state index is 13.6. The molecule has 1 aromatic carbocycles. The van der Waals surface area contributed by atoms with E-state index in [4.69, 9.17) is 10.4 Å². The lowest BCUT2D eigenvalue weighted by Gasteiger charge is -2.03. The molecule has 0 bridgehead atoms. The van der Waals surface area contributed by atoms with E-state index in [0.29, 0.717) is 11.8 Å².